The molecule has 1 saturated carbocycles. The number of allylic oxidation sites excluding steroid dienone is 3. The lowest BCUT2D eigenvalue weighted by Gasteiger charge is -2.42. The normalized spacial score (nSPS) is 19.0. The van der Waals surface area contributed by atoms with Crippen LogP contribution in [0.3, 0.4) is 0 Å². The van der Waals surface area contributed by atoms with E-state index in [0.29, 0.717) is 0 Å². The standard InChI is InChI=1S/C24H39N5/c1-4-6-7-8-9-14-27(5-2)15-13-22-20-25-24(26-21(22)3)29-18-16-28(17-19-29)23-11-10-12-23/h4,6,8-9,20,23H,5,7,10-19H2,1-3H3/b6-4-,9-8+. The molecule has 2 heterocycles. The first-order valence-corrected chi connectivity index (χ1v) is 11.5. The van der Waals surface area contributed by atoms with Crippen molar-refractivity contribution in [3.05, 3.63) is 41.8 Å². The van der Waals surface area contributed by atoms with E-state index in [-0.39, 0.29) is 0 Å². The molecule has 1 aliphatic heterocycles. The molecule has 0 bridgehead atoms. The molecule has 0 N–H and O–H groups in total. The van der Waals surface area contributed by atoms with Gasteiger partial charge in [-0.2, -0.15) is 0 Å². The van der Waals surface area contributed by atoms with Crippen molar-refractivity contribution in [2.45, 2.75) is 58.9 Å². The van der Waals surface area contributed by atoms with Crippen LogP contribution in [0.2, 0.25) is 0 Å². The number of likely N-dealkylation sites (N-methyl/N-ethyl adjacent to an activating group) is 1. The summed E-state index contributed by atoms with van der Waals surface area (Å²) in [5.74, 6) is 0.916. The van der Waals surface area contributed by atoms with Crippen molar-refractivity contribution in [1.29, 1.82) is 0 Å². The molecule has 0 unspecified atom stereocenters. The molecule has 2 aliphatic rings. The fourth-order valence-electron chi connectivity index (χ4n) is 4.11. The molecule has 0 aromatic carbocycles. The molecule has 160 valence electrons. The first-order valence-electron chi connectivity index (χ1n) is 11.5. The number of aryl methyl sites for hydroxylation is 1. The third kappa shape index (κ3) is 6.38. The number of rotatable bonds is 10. The van der Waals surface area contributed by atoms with Gasteiger partial charge in [-0.25, -0.2) is 9.97 Å². The van der Waals surface area contributed by atoms with Crippen molar-refractivity contribution in [2.75, 3.05) is 50.7 Å². The van der Waals surface area contributed by atoms with Gasteiger partial charge in [0, 0.05) is 57.2 Å². The van der Waals surface area contributed by atoms with Gasteiger partial charge in [-0.3, -0.25) is 9.80 Å². The minimum absolute atomic E-state index is 0.849. The van der Waals surface area contributed by atoms with E-state index in [1.54, 1.807) is 0 Å². The average Bonchev–Trinajstić information content (AvgIpc) is 2.70. The van der Waals surface area contributed by atoms with Crippen LogP contribution in [-0.4, -0.2) is 71.6 Å². The molecule has 1 saturated heterocycles. The molecule has 1 aromatic rings. The fraction of sp³-hybridized carbons (Fsp3) is 0.667. The summed E-state index contributed by atoms with van der Waals surface area (Å²) in [5.41, 5.74) is 2.41. The summed E-state index contributed by atoms with van der Waals surface area (Å²) in [5, 5.41) is 0. The van der Waals surface area contributed by atoms with Gasteiger partial charge in [0.15, 0.2) is 0 Å². The SMILES string of the molecule is C/C=C\C/C=C/CN(CC)CCc1cnc(N2CCN(C3CCC3)CC2)nc1C. The lowest BCUT2D eigenvalue weighted by atomic mass is 9.91. The van der Waals surface area contributed by atoms with Crippen molar-refractivity contribution >= 4 is 5.95 Å². The van der Waals surface area contributed by atoms with Crippen LogP contribution in [0, 0.1) is 6.92 Å². The van der Waals surface area contributed by atoms with Crippen molar-refractivity contribution in [3.63, 3.8) is 0 Å². The molecule has 0 amide bonds. The highest BCUT2D eigenvalue weighted by Crippen LogP contribution is 2.26. The second-order valence-corrected chi connectivity index (χ2v) is 8.31. The summed E-state index contributed by atoms with van der Waals surface area (Å²) < 4.78 is 0. The van der Waals surface area contributed by atoms with Gasteiger partial charge in [0.05, 0.1) is 0 Å². The third-order valence-electron chi connectivity index (χ3n) is 6.44. The zero-order chi connectivity index (χ0) is 20.5. The molecule has 5 heteroatoms. The third-order valence-corrected chi connectivity index (χ3v) is 6.44. The Morgan fingerprint density at radius 1 is 1.14 bits per heavy atom. The van der Waals surface area contributed by atoms with Crippen LogP contribution in [0.1, 0.15) is 50.8 Å². The van der Waals surface area contributed by atoms with E-state index < -0.39 is 0 Å². The van der Waals surface area contributed by atoms with Gasteiger partial charge < -0.3 is 4.90 Å². The van der Waals surface area contributed by atoms with Gasteiger partial charge in [-0.1, -0.05) is 37.6 Å². The van der Waals surface area contributed by atoms with Gasteiger partial charge in [-0.15, -0.1) is 0 Å². The largest absolute Gasteiger partial charge is 0.338 e. The Morgan fingerprint density at radius 3 is 2.55 bits per heavy atom. The minimum atomic E-state index is 0.849. The zero-order valence-corrected chi connectivity index (χ0v) is 18.7. The Hall–Kier alpha value is -1.72. The highest BCUT2D eigenvalue weighted by Gasteiger charge is 2.28. The van der Waals surface area contributed by atoms with Crippen LogP contribution in [-0.2, 0) is 6.42 Å². The van der Waals surface area contributed by atoms with E-state index in [1.807, 2.05) is 0 Å². The van der Waals surface area contributed by atoms with Crippen molar-refractivity contribution in [2.24, 2.45) is 0 Å². The van der Waals surface area contributed by atoms with Gasteiger partial charge in [0.25, 0.3) is 0 Å². The second-order valence-electron chi connectivity index (χ2n) is 8.31. The summed E-state index contributed by atoms with van der Waals surface area (Å²) in [6, 6.07) is 0.849. The van der Waals surface area contributed by atoms with Crippen molar-refractivity contribution in [3.8, 4) is 0 Å². The lowest BCUT2D eigenvalue weighted by Crippen LogP contribution is -2.52. The van der Waals surface area contributed by atoms with Crippen LogP contribution < -0.4 is 4.90 Å². The van der Waals surface area contributed by atoms with Crippen molar-refractivity contribution < 1.29 is 0 Å². The summed E-state index contributed by atoms with van der Waals surface area (Å²) in [4.78, 5) is 17.1. The first kappa shape index (κ1) is 22.0. The molecular formula is C24H39N5. The summed E-state index contributed by atoms with van der Waals surface area (Å²) in [7, 11) is 0. The smallest absolute Gasteiger partial charge is 0.225 e. The van der Waals surface area contributed by atoms with E-state index in [4.69, 9.17) is 9.97 Å². The topological polar surface area (TPSA) is 35.5 Å². The number of aromatic nitrogens is 2. The minimum Gasteiger partial charge on any atom is -0.338 e. The highest BCUT2D eigenvalue weighted by molar-refractivity contribution is 5.34. The van der Waals surface area contributed by atoms with Crippen molar-refractivity contribution in [1.82, 2.24) is 19.8 Å². The van der Waals surface area contributed by atoms with Gasteiger partial charge in [-0.05, 0) is 51.6 Å². The van der Waals surface area contributed by atoms with Crippen LogP contribution in [0.15, 0.2) is 30.5 Å². The average molecular weight is 398 g/mol. The monoisotopic (exact) mass is 397 g/mol. The Kier molecular flexibility index (Phi) is 8.69. The zero-order valence-electron chi connectivity index (χ0n) is 18.7. The van der Waals surface area contributed by atoms with Crippen LogP contribution in [0.25, 0.3) is 0 Å². The van der Waals surface area contributed by atoms with Gasteiger partial charge >= 0.3 is 0 Å². The van der Waals surface area contributed by atoms with Crippen LogP contribution in [0.4, 0.5) is 5.95 Å². The maximum atomic E-state index is 4.86. The molecular weight excluding hydrogens is 358 g/mol. The van der Waals surface area contributed by atoms with E-state index in [1.165, 1.54) is 24.8 Å². The predicted octanol–water partition coefficient (Wildman–Crippen LogP) is 3.85. The Balaban J connectivity index is 1.47. The van der Waals surface area contributed by atoms with E-state index in [9.17, 15) is 0 Å². The Bertz CT molecular complexity index is 672. The maximum absolute atomic E-state index is 4.86. The predicted molar refractivity (Wildman–Crippen MR) is 123 cm³/mol. The maximum Gasteiger partial charge on any atom is 0.225 e. The van der Waals surface area contributed by atoms with E-state index >= 15 is 0 Å². The summed E-state index contributed by atoms with van der Waals surface area (Å²) in [6.45, 7) is 14.0. The van der Waals surface area contributed by atoms with Crippen LogP contribution >= 0.6 is 0 Å². The van der Waals surface area contributed by atoms with Crippen LogP contribution in [0.5, 0.6) is 0 Å². The Morgan fingerprint density at radius 2 is 1.93 bits per heavy atom. The molecule has 1 aromatic heterocycles. The second kappa shape index (κ2) is 11.5. The number of piperazine rings is 1. The molecule has 3 rings (SSSR count). The number of nitrogens with zero attached hydrogens (tertiary/aromatic N) is 5. The van der Waals surface area contributed by atoms with E-state index in [2.05, 4.69) is 66.0 Å². The molecule has 1 aliphatic carbocycles. The molecule has 2 fully saturated rings. The molecule has 0 atom stereocenters. The number of hydrogen-bond acceptors (Lipinski definition) is 5. The highest BCUT2D eigenvalue weighted by atomic mass is 15.3. The fourth-order valence-corrected chi connectivity index (χ4v) is 4.11. The lowest BCUT2D eigenvalue weighted by molar-refractivity contribution is 0.120. The van der Waals surface area contributed by atoms with Gasteiger partial charge in [0.1, 0.15) is 0 Å². The Labute approximate surface area is 177 Å². The molecule has 29 heavy (non-hydrogen) atoms. The molecule has 0 radical (unpaired) electrons. The quantitative estimate of drug-likeness (QED) is 0.561. The summed E-state index contributed by atoms with van der Waals surface area (Å²) >= 11 is 0. The number of hydrogen-bond donors (Lipinski definition) is 0. The molecule has 5 nitrogen and oxygen atoms in total. The van der Waals surface area contributed by atoms with E-state index in [0.717, 1.165) is 76.3 Å². The molecule has 0 spiro atoms. The summed E-state index contributed by atoms with van der Waals surface area (Å²) in [6.07, 6.45) is 17.1. The number of anilines is 1. The van der Waals surface area contributed by atoms with Gasteiger partial charge in [0.2, 0.25) is 5.95 Å². The first-order chi connectivity index (χ1) is 14.2.